The molecule has 3 aliphatic carbocycles. The molecule has 138 valence electrons. The molecule has 3 heteroatoms. The second-order valence-electron chi connectivity index (χ2n) is 8.24. The van der Waals surface area contributed by atoms with Crippen LogP contribution in [-0.2, 0) is 11.2 Å². The molecule has 4 atom stereocenters. The highest BCUT2D eigenvalue weighted by Crippen LogP contribution is 2.59. The first-order chi connectivity index (χ1) is 12.6. The molecule has 0 amide bonds. The van der Waals surface area contributed by atoms with E-state index in [1.165, 1.54) is 24.2 Å². The predicted molar refractivity (Wildman–Crippen MR) is 113 cm³/mol. The van der Waals surface area contributed by atoms with Gasteiger partial charge in [0.05, 0.1) is 0 Å². The molecular weight excluding hydrogens is 356 g/mol. The molecule has 0 heterocycles. The lowest BCUT2D eigenvalue weighted by molar-refractivity contribution is -0.129. The highest BCUT2D eigenvalue weighted by molar-refractivity contribution is 8.05. The number of hydrogen-bond donors (Lipinski definition) is 0. The lowest BCUT2D eigenvalue weighted by Gasteiger charge is -2.48. The molecular formula is C23H28OS2. The van der Waals surface area contributed by atoms with Gasteiger partial charge < -0.3 is 0 Å². The SMILES string of the molecule is CC#CSCCSc1ccc2c(c1)CCC1C2CC[C@]2(C)C(=O)CCC12. The Labute approximate surface area is 166 Å². The van der Waals surface area contributed by atoms with Crippen LogP contribution < -0.4 is 0 Å². The van der Waals surface area contributed by atoms with Crippen molar-refractivity contribution in [1.29, 1.82) is 0 Å². The fourth-order valence-electron chi connectivity index (χ4n) is 5.74. The molecule has 3 unspecified atom stereocenters. The Balaban J connectivity index is 1.47. The van der Waals surface area contributed by atoms with E-state index in [4.69, 9.17) is 0 Å². The zero-order chi connectivity index (χ0) is 18.1. The van der Waals surface area contributed by atoms with E-state index in [0.717, 1.165) is 36.7 Å². The maximum absolute atomic E-state index is 12.4. The summed E-state index contributed by atoms with van der Waals surface area (Å²) in [5.74, 6) is 7.74. The number of Topliss-reactive ketones (excluding diaryl/α,β-unsaturated/α-hetero) is 1. The van der Waals surface area contributed by atoms with Gasteiger partial charge in [-0.25, -0.2) is 0 Å². The quantitative estimate of drug-likeness (QED) is 0.364. The molecule has 0 aromatic heterocycles. The van der Waals surface area contributed by atoms with Crippen LogP contribution in [0.15, 0.2) is 23.1 Å². The Morgan fingerprint density at radius 2 is 2.08 bits per heavy atom. The summed E-state index contributed by atoms with van der Waals surface area (Å²) in [7, 11) is 0. The first kappa shape index (κ1) is 18.5. The Bertz CT molecular complexity index is 759. The van der Waals surface area contributed by atoms with Crippen molar-refractivity contribution in [2.75, 3.05) is 11.5 Å². The van der Waals surface area contributed by atoms with Crippen molar-refractivity contribution in [2.24, 2.45) is 17.3 Å². The Hall–Kier alpha value is -0.850. The molecule has 3 aliphatic rings. The maximum Gasteiger partial charge on any atom is 0.139 e. The number of carbonyl (C=O) groups is 1. The van der Waals surface area contributed by atoms with Gasteiger partial charge in [0.2, 0.25) is 0 Å². The van der Waals surface area contributed by atoms with Crippen LogP contribution in [-0.4, -0.2) is 17.3 Å². The third-order valence-electron chi connectivity index (χ3n) is 7.04. The van der Waals surface area contributed by atoms with Crippen LogP contribution in [0.5, 0.6) is 0 Å². The van der Waals surface area contributed by atoms with Crippen molar-refractivity contribution in [3.63, 3.8) is 0 Å². The smallest absolute Gasteiger partial charge is 0.139 e. The standard InChI is InChI=1S/C23H28OS2/c1-3-12-25-13-14-26-17-5-7-18-16(15-17)4-6-20-19(18)10-11-23(2)21(20)8-9-22(23)24/h5,7,15,19-21H,4,6,8-11,13-14H2,1-2H3/t19?,20?,21?,23-/m0/s1. The summed E-state index contributed by atoms with van der Waals surface area (Å²) in [6.45, 7) is 4.16. The van der Waals surface area contributed by atoms with Gasteiger partial charge in [-0.05, 0) is 85.3 Å². The van der Waals surface area contributed by atoms with Crippen LogP contribution in [0.4, 0.5) is 0 Å². The monoisotopic (exact) mass is 384 g/mol. The molecule has 0 aliphatic heterocycles. The summed E-state index contributed by atoms with van der Waals surface area (Å²) in [5.41, 5.74) is 3.16. The fourth-order valence-corrected chi connectivity index (χ4v) is 7.28. The summed E-state index contributed by atoms with van der Waals surface area (Å²) in [4.78, 5) is 13.9. The number of ketones is 1. The zero-order valence-corrected chi connectivity index (χ0v) is 17.5. The van der Waals surface area contributed by atoms with Crippen molar-refractivity contribution in [2.45, 2.75) is 63.2 Å². The molecule has 0 radical (unpaired) electrons. The molecule has 0 spiro atoms. The van der Waals surface area contributed by atoms with E-state index >= 15 is 0 Å². The van der Waals surface area contributed by atoms with Crippen molar-refractivity contribution >= 4 is 29.3 Å². The zero-order valence-electron chi connectivity index (χ0n) is 15.8. The van der Waals surface area contributed by atoms with Gasteiger partial charge in [-0.15, -0.1) is 11.8 Å². The van der Waals surface area contributed by atoms with Gasteiger partial charge in [-0.1, -0.05) is 30.7 Å². The molecule has 4 rings (SSSR count). The van der Waals surface area contributed by atoms with Gasteiger partial charge >= 0.3 is 0 Å². The van der Waals surface area contributed by atoms with E-state index in [2.05, 4.69) is 36.3 Å². The van der Waals surface area contributed by atoms with Crippen molar-refractivity contribution in [3.8, 4) is 11.2 Å². The summed E-state index contributed by atoms with van der Waals surface area (Å²) in [6.07, 6.45) is 6.74. The number of thioether (sulfide) groups is 2. The number of hydrogen-bond acceptors (Lipinski definition) is 3. The summed E-state index contributed by atoms with van der Waals surface area (Å²) in [6, 6.07) is 7.18. The first-order valence-electron chi connectivity index (χ1n) is 9.96. The van der Waals surface area contributed by atoms with Crippen molar-refractivity contribution < 1.29 is 4.79 Å². The van der Waals surface area contributed by atoms with E-state index in [0.29, 0.717) is 17.6 Å². The molecule has 26 heavy (non-hydrogen) atoms. The first-order valence-corrected chi connectivity index (χ1v) is 11.9. The average Bonchev–Trinajstić information content (AvgIpc) is 2.96. The van der Waals surface area contributed by atoms with E-state index < -0.39 is 0 Å². The molecule has 2 saturated carbocycles. The third kappa shape index (κ3) is 3.25. The summed E-state index contributed by atoms with van der Waals surface area (Å²) >= 11 is 3.67. The van der Waals surface area contributed by atoms with Crippen LogP contribution in [0.25, 0.3) is 0 Å². The Morgan fingerprint density at radius 1 is 1.19 bits per heavy atom. The minimum atomic E-state index is -0.00644. The van der Waals surface area contributed by atoms with Gasteiger partial charge in [-0.3, -0.25) is 4.79 Å². The molecule has 2 fully saturated rings. The number of fused-ring (bicyclic) bond motifs is 5. The van der Waals surface area contributed by atoms with E-state index in [1.807, 2.05) is 18.7 Å². The van der Waals surface area contributed by atoms with E-state index in [9.17, 15) is 4.79 Å². The van der Waals surface area contributed by atoms with Gasteiger partial charge in [-0.2, -0.15) is 0 Å². The van der Waals surface area contributed by atoms with E-state index in [-0.39, 0.29) is 5.41 Å². The molecule has 1 aromatic rings. The highest BCUT2D eigenvalue weighted by Gasteiger charge is 2.54. The minimum Gasteiger partial charge on any atom is -0.299 e. The normalized spacial score (nSPS) is 32.2. The summed E-state index contributed by atoms with van der Waals surface area (Å²) < 4.78 is 0. The van der Waals surface area contributed by atoms with Gasteiger partial charge in [0.25, 0.3) is 0 Å². The van der Waals surface area contributed by atoms with Crippen LogP contribution in [0, 0.1) is 28.4 Å². The molecule has 0 saturated heterocycles. The minimum absolute atomic E-state index is 0.00644. The number of rotatable bonds is 4. The van der Waals surface area contributed by atoms with Crippen LogP contribution >= 0.6 is 23.5 Å². The lowest BCUT2D eigenvalue weighted by atomic mass is 9.55. The van der Waals surface area contributed by atoms with Crippen LogP contribution in [0.3, 0.4) is 0 Å². The van der Waals surface area contributed by atoms with Gasteiger partial charge in [0, 0.05) is 28.2 Å². The molecule has 1 nitrogen and oxygen atoms in total. The Kier molecular flexibility index (Phi) is 5.44. The van der Waals surface area contributed by atoms with E-state index in [1.54, 1.807) is 22.9 Å². The number of aryl methyl sites for hydroxylation is 1. The van der Waals surface area contributed by atoms with Crippen molar-refractivity contribution in [3.05, 3.63) is 29.3 Å². The topological polar surface area (TPSA) is 17.1 Å². The largest absolute Gasteiger partial charge is 0.299 e. The van der Waals surface area contributed by atoms with Crippen molar-refractivity contribution in [1.82, 2.24) is 0 Å². The number of benzene rings is 1. The maximum atomic E-state index is 12.4. The van der Waals surface area contributed by atoms with Gasteiger partial charge in [0.1, 0.15) is 5.78 Å². The van der Waals surface area contributed by atoms with Crippen LogP contribution in [0.2, 0.25) is 0 Å². The second-order valence-corrected chi connectivity index (χ2v) is 10.3. The molecule has 0 bridgehead atoms. The fraction of sp³-hybridized carbons (Fsp3) is 0.609. The highest BCUT2D eigenvalue weighted by atomic mass is 32.2. The predicted octanol–water partition coefficient (Wildman–Crippen LogP) is 5.92. The second kappa shape index (κ2) is 7.64. The Morgan fingerprint density at radius 3 is 2.92 bits per heavy atom. The number of carbonyl (C=O) groups excluding carboxylic acids is 1. The van der Waals surface area contributed by atoms with Gasteiger partial charge in [0.15, 0.2) is 0 Å². The third-order valence-corrected chi connectivity index (χ3v) is 9.05. The van der Waals surface area contributed by atoms with Crippen LogP contribution in [0.1, 0.15) is 63.0 Å². The molecule has 0 N–H and O–H groups in total. The average molecular weight is 385 g/mol. The molecule has 1 aromatic carbocycles. The summed E-state index contributed by atoms with van der Waals surface area (Å²) in [5, 5.41) is 3.07. The lowest BCUT2D eigenvalue weighted by Crippen LogP contribution is -2.42.